The second-order valence-corrected chi connectivity index (χ2v) is 5.82. The molecule has 1 aromatic heterocycles. The molecule has 1 aliphatic rings. The number of aliphatic hydroxyl groups is 1. The minimum Gasteiger partial charge on any atom is -0.484 e. The predicted molar refractivity (Wildman–Crippen MR) is 88.9 cm³/mol. The molecule has 8 nitrogen and oxygen atoms in total. The van der Waals surface area contributed by atoms with E-state index in [2.05, 4.69) is 15.5 Å². The number of aromatic amines is 1. The van der Waals surface area contributed by atoms with Crippen LogP contribution in [0.15, 0.2) is 30.3 Å². The third-order valence-corrected chi connectivity index (χ3v) is 4.06. The van der Waals surface area contributed by atoms with Gasteiger partial charge in [-0.3, -0.25) is 14.7 Å². The van der Waals surface area contributed by atoms with Crippen molar-refractivity contribution in [1.82, 2.24) is 20.4 Å². The molecule has 2 heterocycles. The first-order valence-electron chi connectivity index (χ1n) is 8.21. The molecule has 2 amide bonds. The zero-order chi connectivity index (χ0) is 18.5. The van der Waals surface area contributed by atoms with E-state index in [4.69, 9.17) is 9.84 Å². The van der Waals surface area contributed by atoms with E-state index in [0.29, 0.717) is 18.8 Å². The van der Waals surface area contributed by atoms with Crippen molar-refractivity contribution >= 4 is 11.8 Å². The third kappa shape index (κ3) is 3.83. The van der Waals surface area contributed by atoms with Gasteiger partial charge < -0.3 is 20.1 Å². The lowest BCUT2D eigenvalue weighted by Gasteiger charge is -2.34. The van der Waals surface area contributed by atoms with Crippen LogP contribution in [0.2, 0.25) is 0 Å². The lowest BCUT2D eigenvalue weighted by molar-refractivity contribution is -0.128. The molecule has 0 unspecified atom stereocenters. The molecular weight excluding hydrogens is 343 g/mol. The molecule has 0 aliphatic carbocycles. The van der Waals surface area contributed by atoms with Gasteiger partial charge in [0.05, 0.1) is 5.69 Å². The molecule has 1 saturated heterocycles. The summed E-state index contributed by atoms with van der Waals surface area (Å²) in [6.45, 7) is 0.495. The minimum absolute atomic E-state index is 0.0156. The van der Waals surface area contributed by atoms with E-state index in [1.807, 2.05) is 0 Å². The summed E-state index contributed by atoms with van der Waals surface area (Å²) >= 11 is 0. The standard InChI is InChI=1S/C17H19FN4O4/c18-12-3-1-2-4-15(12)26-10-11-9-13(21-20-11)17(25)22-7-6-19-16(24)14(22)5-8-23/h1-4,9,14,23H,5-8,10H2,(H,19,24)(H,20,21)/t14-/m1/s1. The summed E-state index contributed by atoms with van der Waals surface area (Å²) in [6, 6.07) is 6.79. The van der Waals surface area contributed by atoms with Crippen LogP contribution >= 0.6 is 0 Å². The number of piperazine rings is 1. The van der Waals surface area contributed by atoms with Crippen molar-refractivity contribution in [3.05, 3.63) is 47.5 Å². The molecule has 9 heteroatoms. The van der Waals surface area contributed by atoms with Gasteiger partial charge in [0.1, 0.15) is 12.6 Å². The number of H-pyrrole nitrogens is 1. The highest BCUT2D eigenvalue weighted by atomic mass is 19.1. The highest BCUT2D eigenvalue weighted by molar-refractivity contribution is 5.96. The van der Waals surface area contributed by atoms with Crippen molar-refractivity contribution in [1.29, 1.82) is 0 Å². The number of hydrogen-bond donors (Lipinski definition) is 3. The van der Waals surface area contributed by atoms with E-state index in [1.54, 1.807) is 12.1 Å². The van der Waals surface area contributed by atoms with Crippen molar-refractivity contribution < 1.29 is 23.8 Å². The highest BCUT2D eigenvalue weighted by Crippen LogP contribution is 2.18. The van der Waals surface area contributed by atoms with Gasteiger partial charge in [0.25, 0.3) is 5.91 Å². The normalized spacial score (nSPS) is 17.1. The Morgan fingerprint density at radius 1 is 1.42 bits per heavy atom. The fourth-order valence-corrected chi connectivity index (χ4v) is 2.78. The lowest BCUT2D eigenvalue weighted by Crippen LogP contribution is -2.57. The van der Waals surface area contributed by atoms with Gasteiger partial charge in [-0.25, -0.2) is 4.39 Å². The maximum absolute atomic E-state index is 13.6. The van der Waals surface area contributed by atoms with Crippen LogP contribution in [0.4, 0.5) is 4.39 Å². The number of rotatable bonds is 6. The Bertz CT molecular complexity index is 795. The fraction of sp³-hybridized carbons (Fsp3) is 0.353. The second-order valence-electron chi connectivity index (χ2n) is 5.82. The van der Waals surface area contributed by atoms with E-state index in [1.165, 1.54) is 23.1 Å². The van der Waals surface area contributed by atoms with Crippen LogP contribution in [-0.4, -0.2) is 57.8 Å². The van der Waals surface area contributed by atoms with Crippen molar-refractivity contribution in [2.45, 2.75) is 19.1 Å². The molecule has 0 radical (unpaired) electrons. The Labute approximate surface area is 149 Å². The molecular formula is C17H19FN4O4. The van der Waals surface area contributed by atoms with Crippen LogP contribution in [0.1, 0.15) is 22.6 Å². The van der Waals surface area contributed by atoms with Crippen LogP contribution < -0.4 is 10.1 Å². The Hall–Kier alpha value is -2.94. The van der Waals surface area contributed by atoms with Crippen LogP contribution in [-0.2, 0) is 11.4 Å². The quantitative estimate of drug-likeness (QED) is 0.692. The molecule has 1 aliphatic heterocycles. The number of aromatic nitrogens is 2. The average Bonchev–Trinajstić information content (AvgIpc) is 3.11. The first kappa shape index (κ1) is 17.9. The monoisotopic (exact) mass is 362 g/mol. The van der Waals surface area contributed by atoms with Crippen LogP contribution in [0.3, 0.4) is 0 Å². The number of carbonyl (C=O) groups excluding carboxylic acids is 2. The number of hydrogen-bond acceptors (Lipinski definition) is 5. The van der Waals surface area contributed by atoms with Crippen molar-refractivity contribution in [3.8, 4) is 5.75 Å². The lowest BCUT2D eigenvalue weighted by atomic mass is 10.1. The highest BCUT2D eigenvalue weighted by Gasteiger charge is 2.33. The number of halogens is 1. The van der Waals surface area contributed by atoms with Crippen LogP contribution in [0, 0.1) is 5.82 Å². The van der Waals surface area contributed by atoms with E-state index in [9.17, 15) is 14.0 Å². The Balaban J connectivity index is 1.67. The van der Waals surface area contributed by atoms with Gasteiger partial charge in [0, 0.05) is 19.7 Å². The largest absolute Gasteiger partial charge is 0.484 e. The predicted octanol–water partition coefficient (Wildman–Crippen LogP) is 0.451. The molecule has 2 aromatic rings. The molecule has 1 atom stereocenters. The van der Waals surface area contributed by atoms with Gasteiger partial charge >= 0.3 is 0 Å². The smallest absolute Gasteiger partial charge is 0.275 e. The summed E-state index contributed by atoms with van der Waals surface area (Å²) in [5.74, 6) is -1.08. The maximum atomic E-state index is 13.6. The third-order valence-electron chi connectivity index (χ3n) is 4.06. The zero-order valence-electron chi connectivity index (χ0n) is 13.9. The Kier molecular flexibility index (Phi) is 5.47. The molecule has 0 bridgehead atoms. The molecule has 3 rings (SSSR count). The Morgan fingerprint density at radius 3 is 3.00 bits per heavy atom. The van der Waals surface area contributed by atoms with Crippen molar-refractivity contribution in [2.24, 2.45) is 0 Å². The summed E-state index contributed by atoms with van der Waals surface area (Å²) in [7, 11) is 0. The van der Waals surface area contributed by atoms with E-state index in [0.717, 1.165) is 0 Å². The van der Waals surface area contributed by atoms with Gasteiger partial charge in [0.15, 0.2) is 17.3 Å². The second kappa shape index (κ2) is 7.96. The molecule has 3 N–H and O–H groups in total. The number of nitrogens with one attached hydrogen (secondary N) is 2. The van der Waals surface area contributed by atoms with Gasteiger partial charge in [-0.05, 0) is 24.6 Å². The maximum Gasteiger partial charge on any atom is 0.275 e. The SMILES string of the molecule is O=C1NCCN(C(=O)c2cc(COc3ccccc3F)[nH]n2)[C@@H]1CCO. The minimum atomic E-state index is -0.726. The summed E-state index contributed by atoms with van der Waals surface area (Å²) < 4.78 is 18.9. The summed E-state index contributed by atoms with van der Waals surface area (Å²) in [5, 5.41) is 18.4. The molecule has 0 spiro atoms. The zero-order valence-corrected chi connectivity index (χ0v) is 13.9. The summed E-state index contributed by atoms with van der Waals surface area (Å²) in [5.41, 5.74) is 0.631. The summed E-state index contributed by atoms with van der Waals surface area (Å²) in [6.07, 6.45) is 0.158. The number of nitrogens with zero attached hydrogens (tertiary/aromatic N) is 2. The van der Waals surface area contributed by atoms with Gasteiger partial charge in [0.2, 0.25) is 5.91 Å². The number of ether oxygens (including phenoxy) is 1. The van der Waals surface area contributed by atoms with E-state index in [-0.39, 0.29) is 37.0 Å². The number of aliphatic hydroxyl groups excluding tert-OH is 1. The first-order chi connectivity index (χ1) is 12.6. The van der Waals surface area contributed by atoms with E-state index < -0.39 is 17.8 Å². The topological polar surface area (TPSA) is 108 Å². The molecule has 26 heavy (non-hydrogen) atoms. The first-order valence-corrected chi connectivity index (χ1v) is 8.21. The number of para-hydroxylation sites is 1. The van der Waals surface area contributed by atoms with Gasteiger partial charge in [-0.2, -0.15) is 5.10 Å². The number of benzene rings is 1. The van der Waals surface area contributed by atoms with Crippen molar-refractivity contribution in [3.63, 3.8) is 0 Å². The van der Waals surface area contributed by atoms with Gasteiger partial charge in [-0.15, -0.1) is 0 Å². The molecule has 138 valence electrons. The molecule has 0 saturated carbocycles. The average molecular weight is 362 g/mol. The van der Waals surface area contributed by atoms with Gasteiger partial charge in [-0.1, -0.05) is 12.1 Å². The summed E-state index contributed by atoms with van der Waals surface area (Å²) in [4.78, 5) is 26.0. The van der Waals surface area contributed by atoms with Crippen LogP contribution in [0.5, 0.6) is 5.75 Å². The molecule has 1 fully saturated rings. The van der Waals surface area contributed by atoms with Crippen molar-refractivity contribution in [2.75, 3.05) is 19.7 Å². The number of amides is 2. The van der Waals surface area contributed by atoms with Crippen LogP contribution in [0.25, 0.3) is 0 Å². The fourth-order valence-electron chi connectivity index (χ4n) is 2.78. The van der Waals surface area contributed by atoms with E-state index >= 15 is 0 Å². The molecule has 1 aromatic carbocycles. The Morgan fingerprint density at radius 2 is 2.23 bits per heavy atom. The number of carbonyl (C=O) groups is 2.